The van der Waals surface area contributed by atoms with E-state index in [0.717, 1.165) is 13.0 Å². The average molecular weight is 208 g/mol. The quantitative estimate of drug-likeness (QED) is 0.496. The van der Waals surface area contributed by atoms with Gasteiger partial charge < -0.3 is 10.0 Å². The first kappa shape index (κ1) is 11.3. The molecular formula is C10H16N4O. The molecule has 1 heterocycles. The molecule has 5 heteroatoms. The molecule has 0 spiro atoms. The number of aromatic hydroxyl groups is 1. The number of nitrogens with zero attached hydrogens (tertiary/aromatic N) is 2. The van der Waals surface area contributed by atoms with Crippen LogP contribution in [0.15, 0.2) is 18.3 Å². The summed E-state index contributed by atoms with van der Waals surface area (Å²) in [6.07, 6.45) is 2.31. The van der Waals surface area contributed by atoms with Crippen molar-refractivity contribution in [2.45, 2.75) is 13.3 Å². The highest BCUT2D eigenvalue weighted by Crippen LogP contribution is 2.03. The van der Waals surface area contributed by atoms with Gasteiger partial charge in [0.25, 0.3) is 0 Å². The van der Waals surface area contributed by atoms with Gasteiger partial charge in [0, 0.05) is 13.6 Å². The van der Waals surface area contributed by atoms with Crippen LogP contribution in [0.3, 0.4) is 0 Å². The molecule has 0 saturated carbocycles. The normalized spacial score (nSPS) is 10.0. The summed E-state index contributed by atoms with van der Waals surface area (Å²) < 4.78 is 1.34. The Labute approximate surface area is 88.6 Å². The second-order valence-electron chi connectivity index (χ2n) is 3.39. The van der Waals surface area contributed by atoms with E-state index in [9.17, 15) is 5.11 Å². The molecule has 0 bridgehead atoms. The Morgan fingerprint density at radius 2 is 2.20 bits per heavy atom. The van der Waals surface area contributed by atoms with Gasteiger partial charge in [0.15, 0.2) is 0 Å². The second kappa shape index (κ2) is 4.63. The Kier molecular flexibility index (Phi) is 3.49. The molecule has 0 aliphatic rings. The largest absolute Gasteiger partial charge is 0.506 e. The second-order valence-corrected chi connectivity index (χ2v) is 3.39. The van der Waals surface area contributed by atoms with E-state index >= 15 is 0 Å². The predicted molar refractivity (Wildman–Crippen MR) is 58.0 cm³/mol. The van der Waals surface area contributed by atoms with Gasteiger partial charge in [-0.05, 0) is 18.6 Å². The van der Waals surface area contributed by atoms with Crippen molar-refractivity contribution in [1.29, 1.82) is 10.8 Å². The predicted octanol–water partition coefficient (Wildman–Crippen LogP) is 0.798. The maximum absolute atomic E-state index is 9.28. The molecule has 0 aliphatic heterocycles. The molecule has 3 N–H and O–H groups in total. The van der Waals surface area contributed by atoms with Crippen molar-refractivity contribution in [1.82, 2.24) is 9.47 Å². The molecular weight excluding hydrogens is 192 g/mol. The first-order chi connectivity index (χ1) is 7.06. The standard InChI is InChI=1S/C10H16N4O/c1-3-6-13(2)10(12)14-7-8(15)4-5-9(14)11/h4-5,7,11-12,15H,3,6H2,1-2H3. The van der Waals surface area contributed by atoms with Gasteiger partial charge in [-0.25, -0.2) is 0 Å². The lowest BCUT2D eigenvalue weighted by atomic mass is 10.4. The summed E-state index contributed by atoms with van der Waals surface area (Å²) in [6.45, 7) is 2.78. The average Bonchev–Trinajstić information content (AvgIpc) is 2.21. The minimum atomic E-state index is 0.0562. The smallest absolute Gasteiger partial charge is 0.203 e. The number of nitrogens with one attached hydrogen (secondary N) is 2. The fraction of sp³-hybridized carbons (Fsp3) is 0.400. The van der Waals surface area contributed by atoms with Crippen LogP contribution in [0.4, 0.5) is 0 Å². The summed E-state index contributed by atoms with van der Waals surface area (Å²) in [5.41, 5.74) is 0.181. The molecule has 82 valence electrons. The van der Waals surface area contributed by atoms with Gasteiger partial charge in [0.2, 0.25) is 5.96 Å². The van der Waals surface area contributed by atoms with Crippen LogP contribution < -0.4 is 5.49 Å². The molecule has 1 aromatic rings. The minimum absolute atomic E-state index is 0.0562. The van der Waals surface area contributed by atoms with Crippen molar-refractivity contribution in [3.8, 4) is 5.75 Å². The highest BCUT2D eigenvalue weighted by atomic mass is 16.3. The number of rotatable bonds is 2. The van der Waals surface area contributed by atoms with Crippen LogP contribution in [0.1, 0.15) is 13.3 Å². The van der Waals surface area contributed by atoms with Gasteiger partial charge in [-0.15, -0.1) is 0 Å². The van der Waals surface area contributed by atoms with Crippen LogP contribution >= 0.6 is 0 Å². The van der Waals surface area contributed by atoms with Gasteiger partial charge in [0.05, 0.1) is 6.20 Å². The Balaban J connectivity index is 3.00. The molecule has 0 radical (unpaired) electrons. The molecule has 1 rings (SSSR count). The molecule has 1 aromatic heterocycles. The lowest BCUT2D eigenvalue weighted by molar-refractivity contribution is 0.458. The van der Waals surface area contributed by atoms with Crippen LogP contribution in [-0.4, -0.2) is 34.1 Å². The third-order valence-corrected chi connectivity index (χ3v) is 2.08. The molecule has 0 saturated heterocycles. The lowest BCUT2D eigenvalue weighted by Gasteiger charge is -2.20. The van der Waals surface area contributed by atoms with Crippen molar-refractivity contribution >= 4 is 5.96 Å². The fourth-order valence-electron chi connectivity index (χ4n) is 1.29. The zero-order valence-electron chi connectivity index (χ0n) is 8.99. The van der Waals surface area contributed by atoms with E-state index in [4.69, 9.17) is 10.8 Å². The Morgan fingerprint density at radius 1 is 1.53 bits per heavy atom. The van der Waals surface area contributed by atoms with Gasteiger partial charge in [-0.2, -0.15) is 0 Å². The highest BCUT2D eigenvalue weighted by Gasteiger charge is 2.06. The zero-order chi connectivity index (χ0) is 11.4. The van der Waals surface area contributed by atoms with Gasteiger partial charge in [0.1, 0.15) is 11.2 Å². The van der Waals surface area contributed by atoms with Crippen LogP contribution in [0.5, 0.6) is 5.75 Å². The first-order valence-electron chi connectivity index (χ1n) is 4.82. The lowest BCUT2D eigenvalue weighted by Crippen LogP contribution is -2.38. The van der Waals surface area contributed by atoms with E-state index in [2.05, 4.69) is 0 Å². The Hall–Kier alpha value is -1.78. The monoisotopic (exact) mass is 208 g/mol. The van der Waals surface area contributed by atoms with Crippen LogP contribution in [0, 0.1) is 10.8 Å². The molecule has 5 nitrogen and oxygen atoms in total. The maximum atomic E-state index is 9.28. The van der Waals surface area contributed by atoms with Crippen molar-refractivity contribution in [2.24, 2.45) is 0 Å². The SMILES string of the molecule is CCCN(C)C(=N)n1cc(O)ccc1=N. The summed E-state index contributed by atoms with van der Waals surface area (Å²) in [5, 5.41) is 24.7. The van der Waals surface area contributed by atoms with Crippen molar-refractivity contribution in [2.75, 3.05) is 13.6 Å². The van der Waals surface area contributed by atoms with E-state index < -0.39 is 0 Å². The Morgan fingerprint density at radius 3 is 2.80 bits per heavy atom. The molecule has 0 aliphatic carbocycles. The van der Waals surface area contributed by atoms with E-state index in [0.29, 0.717) is 0 Å². The minimum Gasteiger partial charge on any atom is -0.506 e. The first-order valence-corrected chi connectivity index (χ1v) is 4.82. The fourth-order valence-corrected chi connectivity index (χ4v) is 1.29. The third-order valence-electron chi connectivity index (χ3n) is 2.08. The molecule has 0 fully saturated rings. The summed E-state index contributed by atoms with van der Waals surface area (Å²) in [5.74, 6) is 0.249. The van der Waals surface area contributed by atoms with Crippen LogP contribution in [0.2, 0.25) is 0 Å². The number of hydrogen-bond acceptors (Lipinski definition) is 3. The summed E-state index contributed by atoms with van der Waals surface area (Å²) in [7, 11) is 1.79. The molecule has 0 amide bonds. The van der Waals surface area contributed by atoms with Crippen LogP contribution in [0.25, 0.3) is 0 Å². The number of aromatic nitrogens is 1. The van der Waals surface area contributed by atoms with E-state index in [1.165, 1.54) is 22.9 Å². The highest BCUT2D eigenvalue weighted by molar-refractivity contribution is 5.78. The third kappa shape index (κ3) is 2.59. The van der Waals surface area contributed by atoms with Crippen molar-refractivity contribution < 1.29 is 5.11 Å². The summed E-state index contributed by atoms with van der Waals surface area (Å²) in [6, 6.07) is 2.90. The number of pyridine rings is 1. The van der Waals surface area contributed by atoms with Gasteiger partial charge >= 0.3 is 0 Å². The van der Waals surface area contributed by atoms with Crippen molar-refractivity contribution in [3.05, 3.63) is 23.8 Å². The summed E-state index contributed by atoms with van der Waals surface area (Å²) >= 11 is 0. The molecule has 0 aromatic carbocycles. The van der Waals surface area contributed by atoms with E-state index in [1.807, 2.05) is 6.92 Å². The maximum Gasteiger partial charge on any atom is 0.203 e. The molecule has 0 unspecified atom stereocenters. The molecule has 15 heavy (non-hydrogen) atoms. The van der Waals surface area contributed by atoms with Gasteiger partial charge in [-0.3, -0.25) is 15.4 Å². The van der Waals surface area contributed by atoms with E-state index in [-0.39, 0.29) is 17.2 Å². The van der Waals surface area contributed by atoms with Crippen molar-refractivity contribution in [3.63, 3.8) is 0 Å². The molecule has 0 atom stereocenters. The summed E-state index contributed by atoms with van der Waals surface area (Å²) in [4.78, 5) is 1.73. The van der Waals surface area contributed by atoms with Crippen LogP contribution in [-0.2, 0) is 0 Å². The number of hydrogen-bond donors (Lipinski definition) is 3. The zero-order valence-corrected chi connectivity index (χ0v) is 8.99. The van der Waals surface area contributed by atoms with Gasteiger partial charge in [-0.1, -0.05) is 6.92 Å². The topological polar surface area (TPSA) is 76.1 Å². The van der Waals surface area contributed by atoms with E-state index in [1.54, 1.807) is 11.9 Å². The Bertz CT molecular complexity index is 410.